The Balaban J connectivity index is 1.37. The van der Waals surface area contributed by atoms with Crippen LogP contribution in [0.25, 0.3) is 0 Å². The molecule has 1 saturated heterocycles. The van der Waals surface area contributed by atoms with Gasteiger partial charge in [-0.3, -0.25) is 14.6 Å². The summed E-state index contributed by atoms with van der Waals surface area (Å²) in [5.41, 5.74) is 4.19. The van der Waals surface area contributed by atoms with Gasteiger partial charge in [0.25, 0.3) is 0 Å². The van der Waals surface area contributed by atoms with Crippen molar-refractivity contribution in [1.29, 1.82) is 0 Å². The molecule has 1 unspecified atom stereocenters. The van der Waals surface area contributed by atoms with E-state index in [9.17, 15) is 14.7 Å². The van der Waals surface area contributed by atoms with Crippen LogP contribution in [0.15, 0.2) is 115 Å². The number of benzene rings is 4. The van der Waals surface area contributed by atoms with Gasteiger partial charge in [-0.05, 0) is 29.2 Å². The van der Waals surface area contributed by atoms with Gasteiger partial charge in [-0.2, -0.15) is 0 Å². The highest BCUT2D eigenvalue weighted by atomic mass is 16.5. The number of para-hydroxylation sites is 1. The average molecular weight is 608 g/mol. The van der Waals surface area contributed by atoms with Crippen molar-refractivity contribution < 1.29 is 24.2 Å². The summed E-state index contributed by atoms with van der Waals surface area (Å²) in [6.07, 6.45) is 0.0852. The van der Waals surface area contributed by atoms with Gasteiger partial charge in [-0.15, -0.1) is 0 Å². The summed E-state index contributed by atoms with van der Waals surface area (Å²) in [6.45, 7) is 2.66. The van der Waals surface area contributed by atoms with Crippen LogP contribution < -0.4 is 10.1 Å². The van der Waals surface area contributed by atoms with Gasteiger partial charge in [0.1, 0.15) is 18.4 Å². The summed E-state index contributed by atoms with van der Waals surface area (Å²) in [7, 11) is 1.66. The molecule has 5 rings (SSSR count). The number of carboxylic acids is 1. The smallest absolute Gasteiger partial charge is 0.407 e. The molecular weight excluding hydrogens is 566 g/mol. The number of methoxy groups -OCH3 is 1. The molecule has 45 heavy (non-hydrogen) atoms. The van der Waals surface area contributed by atoms with Gasteiger partial charge in [0.05, 0.1) is 7.11 Å². The third-order valence-electron chi connectivity index (χ3n) is 8.35. The number of nitrogens with zero attached hydrogens (tertiary/aromatic N) is 2. The quantitative estimate of drug-likeness (QED) is 0.186. The van der Waals surface area contributed by atoms with Crippen molar-refractivity contribution >= 4 is 12.1 Å². The number of ether oxygens (including phenoxy) is 2. The fraction of sp³-hybridized carbons (Fsp3) is 0.297. The normalized spacial score (nSPS) is 17.1. The Kier molecular flexibility index (Phi) is 11.2. The molecule has 4 aromatic carbocycles. The fourth-order valence-corrected chi connectivity index (χ4v) is 6.25. The molecule has 1 amide bonds. The van der Waals surface area contributed by atoms with Crippen LogP contribution in [0.4, 0.5) is 4.79 Å². The molecule has 0 spiro atoms. The second-order valence-corrected chi connectivity index (χ2v) is 11.3. The third kappa shape index (κ3) is 8.50. The number of carbonyl (C=O) groups excluding carboxylic acids is 1. The SMILES string of the molecule is COc1ccccc1CN1CC(C(c2ccccc2)c2ccccc2)N(CCCNC(=O)OCc2ccccc2)[C@@H](C(=O)O)C1. The van der Waals surface area contributed by atoms with Crippen molar-refractivity contribution in [1.82, 2.24) is 15.1 Å². The summed E-state index contributed by atoms with van der Waals surface area (Å²) in [5, 5.41) is 13.4. The summed E-state index contributed by atoms with van der Waals surface area (Å²) in [4.78, 5) is 29.7. The van der Waals surface area contributed by atoms with Crippen LogP contribution in [-0.4, -0.2) is 72.3 Å². The molecule has 0 aromatic heterocycles. The Labute approximate surface area is 265 Å². The minimum Gasteiger partial charge on any atom is -0.496 e. The molecule has 0 aliphatic carbocycles. The standard InChI is InChI=1S/C37H41N3O5/c1-44-34-21-12-11-20-31(34)24-39-25-32(35(29-16-7-3-8-17-29)30-18-9-4-10-19-30)40(33(26-39)36(41)42)23-13-22-38-37(43)45-27-28-14-5-2-6-15-28/h2-12,14-21,32-33,35H,13,22-27H2,1H3,(H,38,43)(H,41,42)/t32?,33-/m1/s1. The topological polar surface area (TPSA) is 91.3 Å². The van der Waals surface area contributed by atoms with Gasteiger partial charge in [0.15, 0.2) is 0 Å². The largest absolute Gasteiger partial charge is 0.496 e. The third-order valence-corrected chi connectivity index (χ3v) is 8.35. The van der Waals surface area contributed by atoms with Crippen LogP contribution in [0, 0.1) is 0 Å². The van der Waals surface area contributed by atoms with Crippen LogP contribution >= 0.6 is 0 Å². The molecule has 8 nitrogen and oxygen atoms in total. The number of alkyl carbamates (subject to hydrolysis) is 1. The molecule has 2 N–H and O–H groups in total. The van der Waals surface area contributed by atoms with Crippen LogP contribution in [0.2, 0.25) is 0 Å². The van der Waals surface area contributed by atoms with Crippen molar-refractivity contribution in [2.24, 2.45) is 0 Å². The lowest BCUT2D eigenvalue weighted by Crippen LogP contribution is -2.63. The Morgan fingerprint density at radius 1 is 0.844 bits per heavy atom. The molecule has 1 aliphatic rings. The molecule has 1 fully saturated rings. The first-order valence-electron chi connectivity index (χ1n) is 15.4. The first-order valence-corrected chi connectivity index (χ1v) is 15.4. The van der Waals surface area contributed by atoms with Crippen LogP contribution in [-0.2, 0) is 22.7 Å². The van der Waals surface area contributed by atoms with E-state index in [4.69, 9.17) is 9.47 Å². The van der Waals surface area contributed by atoms with Crippen LogP contribution in [0.1, 0.15) is 34.6 Å². The van der Waals surface area contributed by atoms with Gasteiger partial charge in [0.2, 0.25) is 0 Å². The van der Waals surface area contributed by atoms with E-state index in [2.05, 4.69) is 39.4 Å². The summed E-state index contributed by atoms with van der Waals surface area (Å²) < 4.78 is 11.0. The zero-order valence-electron chi connectivity index (χ0n) is 25.6. The number of hydrogen-bond acceptors (Lipinski definition) is 6. The Morgan fingerprint density at radius 2 is 1.44 bits per heavy atom. The molecule has 1 aliphatic heterocycles. The minimum atomic E-state index is -0.861. The molecule has 2 atom stereocenters. The van der Waals surface area contributed by atoms with Gasteiger partial charge >= 0.3 is 12.1 Å². The van der Waals surface area contributed by atoms with Gasteiger partial charge < -0.3 is 19.9 Å². The van der Waals surface area contributed by atoms with Crippen molar-refractivity contribution in [3.05, 3.63) is 138 Å². The average Bonchev–Trinajstić information content (AvgIpc) is 3.08. The van der Waals surface area contributed by atoms with Crippen LogP contribution in [0.5, 0.6) is 5.75 Å². The Bertz CT molecular complexity index is 1460. The second kappa shape index (κ2) is 15.9. The predicted octanol–water partition coefficient (Wildman–Crippen LogP) is 5.78. The number of amides is 1. The van der Waals surface area contributed by atoms with E-state index >= 15 is 0 Å². The van der Waals surface area contributed by atoms with Crippen molar-refractivity contribution in [3.8, 4) is 5.75 Å². The Morgan fingerprint density at radius 3 is 2.07 bits per heavy atom. The molecule has 4 aromatic rings. The predicted molar refractivity (Wildman–Crippen MR) is 174 cm³/mol. The zero-order chi connectivity index (χ0) is 31.4. The van der Waals surface area contributed by atoms with Crippen molar-refractivity contribution in [2.75, 3.05) is 33.3 Å². The molecule has 0 radical (unpaired) electrons. The Hall–Kier alpha value is -4.66. The number of carboxylic acid groups (broad SMARTS) is 1. The first-order chi connectivity index (χ1) is 22.0. The second-order valence-electron chi connectivity index (χ2n) is 11.3. The minimum absolute atomic E-state index is 0.0708. The monoisotopic (exact) mass is 607 g/mol. The molecule has 1 heterocycles. The van der Waals surface area contributed by atoms with E-state index in [-0.39, 0.29) is 18.6 Å². The molecule has 0 bridgehead atoms. The van der Waals surface area contributed by atoms with Gasteiger partial charge in [-0.25, -0.2) is 4.79 Å². The number of carbonyl (C=O) groups is 2. The maximum absolute atomic E-state index is 12.9. The van der Waals surface area contributed by atoms with E-state index < -0.39 is 18.1 Å². The molecule has 0 saturated carbocycles. The van der Waals surface area contributed by atoms with Gasteiger partial charge in [0, 0.05) is 50.2 Å². The first kappa shape index (κ1) is 31.8. The van der Waals surface area contributed by atoms with E-state index in [1.165, 1.54) is 0 Å². The van der Waals surface area contributed by atoms with E-state index in [0.29, 0.717) is 39.1 Å². The number of hydrogen-bond donors (Lipinski definition) is 2. The maximum atomic E-state index is 12.9. The lowest BCUT2D eigenvalue weighted by Gasteiger charge is -2.48. The highest BCUT2D eigenvalue weighted by Gasteiger charge is 2.42. The summed E-state index contributed by atoms with van der Waals surface area (Å²) in [6, 6.07) is 37.1. The van der Waals surface area contributed by atoms with E-state index in [1.54, 1.807) is 7.11 Å². The lowest BCUT2D eigenvalue weighted by molar-refractivity contribution is -0.148. The van der Waals surface area contributed by atoms with Crippen molar-refractivity contribution in [2.45, 2.75) is 37.6 Å². The highest BCUT2D eigenvalue weighted by molar-refractivity contribution is 5.74. The van der Waals surface area contributed by atoms with Crippen LogP contribution in [0.3, 0.4) is 0 Å². The molecule has 234 valence electrons. The number of nitrogens with one attached hydrogen (secondary N) is 1. The summed E-state index contributed by atoms with van der Waals surface area (Å²) >= 11 is 0. The zero-order valence-corrected chi connectivity index (χ0v) is 25.6. The molecular formula is C37H41N3O5. The lowest BCUT2D eigenvalue weighted by atomic mass is 9.82. The molecule has 8 heteroatoms. The number of aliphatic carboxylic acids is 1. The number of piperazine rings is 1. The van der Waals surface area contributed by atoms with Gasteiger partial charge in [-0.1, -0.05) is 109 Å². The highest BCUT2D eigenvalue weighted by Crippen LogP contribution is 2.35. The maximum Gasteiger partial charge on any atom is 0.407 e. The van der Waals surface area contributed by atoms with Crippen molar-refractivity contribution in [3.63, 3.8) is 0 Å². The fourth-order valence-electron chi connectivity index (χ4n) is 6.25. The van der Waals surface area contributed by atoms with E-state index in [0.717, 1.165) is 28.0 Å². The van der Waals surface area contributed by atoms with E-state index in [1.807, 2.05) is 91.0 Å². The number of rotatable bonds is 13. The summed E-state index contributed by atoms with van der Waals surface area (Å²) in [5.74, 6) is -0.144.